The van der Waals surface area contributed by atoms with Crippen molar-refractivity contribution in [2.45, 2.75) is 19.9 Å². The normalized spacial score (nSPS) is 13.9. The van der Waals surface area contributed by atoms with Gasteiger partial charge in [-0.05, 0) is 18.7 Å². The summed E-state index contributed by atoms with van der Waals surface area (Å²) in [5.74, 6) is -0.149. The predicted octanol–water partition coefficient (Wildman–Crippen LogP) is 4.99. The Morgan fingerprint density at radius 1 is 1.10 bits per heavy atom. The van der Waals surface area contributed by atoms with Gasteiger partial charge >= 0.3 is 0 Å². The fourth-order valence-corrected chi connectivity index (χ4v) is 4.90. The second kappa shape index (κ2) is 7.97. The van der Waals surface area contributed by atoms with Crippen molar-refractivity contribution in [3.8, 4) is 11.3 Å². The molecule has 5 nitrogen and oxygen atoms in total. The number of likely N-dealkylation sites (N-methyl/N-ethyl adjacent to an activating group) is 1. The molecule has 1 aliphatic heterocycles. The Kier molecular flexibility index (Phi) is 5.02. The molecule has 2 aromatic carbocycles. The highest BCUT2D eigenvalue weighted by Crippen LogP contribution is 2.30. The van der Waals surface area contributed by atoms with Crippen LogP contribution in [0.3, 0.4) is 0 Å². The van der Waals surface area contributed by atoms with Gasteiger partial charge in [0, 0.05) is 35.3 Å². The largest absolute Gasteiger partial charge is 0.298 e. The number of hydrogen-bond donors (Lipinski definition) is 1. The van der Waals surface area contributed by atoms with E-state index in [1.807, 2.05) is 60.7 Å². The lowest BCUT2D eigenvalue weighted by Gasteiger charge is -2.23. The lowest BCUT2D eigenvalue weighted by molar-refractivity contribution is 0.102. The number of carbonyl (C=O) groups excluding carboxylic acids is 1. The van der Waals surface area contributed by atoms with Crippen LogP contribution in [-0.2, 0) is 13.0 Å². The van der Waals surface area contributed by atoms with Crippen molar-refractivity contribution >= 4 is 33.3 Å². The van der Waals surface area contributed by atoms with Crippen molar-refractivity contribution < 1.29 is 4.79 Å². The molecule has 0 spiro atoms. The van der Waals surface area contributed by atoms with Crippen molar-refractivity contribution in [3.63, 3.8) is 0 Å². The number of thiazole rings is 1. The molecule has 150 valence electrons. The number of fused-ring (bicyclic) bond motifs is 2. The Morgan fingerprint density at radius 2 is 1.90 bits per heavy atom. The number of pyridine rings is 1. The molecule has 0 saturated carbocycles. The highest BCUT2D eigenvalue weighted by molar-refractivity contribution is 7.15. The Bertz CT molecular complexity index is 1220. The first kappa shape index (κ1) is 18.9. The smallest absolute Gasteiger partial charge is 0.258 e. The van der Waals surface area contributed by atoms with Crippen LogP contribution in [0, 0.1) is 0 Å². The summed E-state index contributed by atoms with van der Waals surface area (Å²) in [6.45, 7) is 5.14. The number of nitrogens with one attached hydrogen (secondary N) is 1. The van der Waals surface area contributed by atoms with Crippen molar-refractivity contribution in [1.29, 1.82) is 0 Å². The van der Waals surface area contributed by atoms with Crippen LogP contribution in [0.25, 0.3) is 22.2 Å². The molecule has 0 bridgehead atoms. The van der Waals surface area contributed by atoms with Crippen LogP contribution in [0.15, 0.2) is 60.7 Å². The quantitative estimate of drug-likeness (QED) is 0.511. The molecule has 6 heteroatoms. The minimum atomic E-state index is -0.149. The van der Waals surface area contributed by atoms with Gasteiger partial charge in [0.1, 0.15) is 0 Å². The average molecular weight is 415 g/mol. The zero-order chi connectivity index (χ0) is 20.5. The van der Waals surface area contributed by atoms with E-state index in [0.717, 1.165) is 53.9 Å². The third kappa shape index (κ3) is 3.60. The van der Waals surface area contributed by atoms with Gasteiger partial charge in [-0.2, -0.15) is 0 Å². The van der Waals surface area contributed by atoms with Gasteiger partial charge in [0.05, 0.1) is 22.5 Å². The number of nitrogens with zero attached hydrogens (tertiary/aromatic N) is 3. The number of anilines is 1. The van der Waals surface area contributed by atoms with E-state index in [2.05, 4.69) is 22.1 Å². The third-order valence-corrected chi connectivity index (χ3v) is 6.51. The molecule has 0 fully saturated rings. The predicted molar refractivity (Wildman–Crippen MR) is 122 cm³/mol. The fraction of sp³-hybridized carbons (Fsp3) is 0.208. The first-order valence-corrected chi connectivity index (χ1v) is 11.0. The van der Waals surface area contributed by atoms with E-state index in [4.69, 9.17) is 4.98 Å². The van der Waals surface area contributed by atoms with Crippen molar-refractivity contribution in [1.82, 2.24) is 14.9 Å². The molecule has 0 saturated heterocycles. The first-order valence-electron chi connectivity index (χ1n) is 10.2. The van der Waals surface area contributed by atoms with E-state index in [1.54, 1.807) is 11.3 Å². The Balaban J connectivity index is 1.50. The zero-order valence-corrected chi connectivity index (χ0v) is 17.6. The number of carbonyl (C=O) groups is 1. The Labute approximate surface area is 179 Å². The van der Waals surface area contributed by atoms with Crippen LogP contribution in [0.5, 0.6) is 0 Å². The summed E-state index contributed by atoms with van der Waals surface area (Å²) >= 11 is 1.58. The number of aromatic nitrogens is 2. The van der Waals surface area contributed by atoms with Gasteiger partial charge in [0.2, 0.25) is 0 Å². The summed E-state index contributed by atoms with van der Waals surface area (Å²) < 4.78 is 0. The van der Waals surface area contributed by atoms with Crippen LogP contribution in [0.1, 0.15) is 27.9 Å². The van der Waals surface area contributed by atoms with E-state index >= 15 is 0 Å². The number of amides is 1. The molecule has 1 aliphatic rings. The van der Waals surface area contributed by atoms with Gasteiger partial charge in [-0.1, -0.05) is 55.5 Å². The average Bonchev–Trinajstić information content (AvgIpc) is 3.20. The highest BCUT2D eigenvalue weighted by Gasteiger charge is 2.21. The molecule has 0 atom stereocenters. The van der Waals surface area contributed by atoms with Gasteiger partial charge in [0.25, 0.3) is 5.91 Å². The summed E-state index contributed by atoms with van der Waals surface area (Å²) in [4.78, 5) is 26.4. The van der Waals surface area contributed by atoms with Crippen molar-refractivity contribution in [2.75, 3.05) is 18.4 Å². The molecule has 30 heavy (non-hydrogen) atoms. The van der Waals surface area contributed by atoms with Crippen molar-refractivity contribution in [2.24, 2.45) is 0 Å². The minimum Gasteiger partial charge on any atom is -0.298 e. The fourth-order valence-electron chi connectivity index (χ4n) is 3.86. The molecule has 5 rings (SSSR count). The molecule has 0 unspecified atom stereocenters. The molecule has 0 radical (unpaired) electrons. The Morgan fingerprint density at radius 3 is 2.73 bits per heavy atom. The monoisotopic (exact) mass is 414 g/mol. The SMILES string of the molecule is CCN1CCc2nc(NC(=O)c3cc(-c4ccccc4)nc4ccccc34)sc2C1. The van der Waals surface area contributed by atoms with Gasteiger partial charge in [0.15, 0.2) is 5.13 Å². The van der Waals surface area contributed by atoms with Crippen LogP contribution in [0.4, 0.5) is 5.13 Å². The van der Waals surface area contributed by atoms with E-state index < -0.39 is 0 Å². The van der Waals surface area contributed by atoms with Crippen LogP contribution in [-0.4, -0.2) is 33.9 Å². The summed E-state index contributed by atoms with van der Waals surface area (Å²) in [7, 11) is 0. The van der Waals surface area contributed by atoms with E-state index in [0.29, 0.717) is 10.7 Å². The summed E-state index contributed by atoms with van der Waals surface area (Å²) in [6, 6.07) is 19.6. The van der Waals surface area contributed by atoms with Crippen LogP contribution < -0.4 is 5.32 Å². The van der Waals surface area contributed by atoms with Gasteiger partial charge in [-0.25, -0.2) is 9.97 Å². The molecular formula is C24H22N4OS. The molecule has 1 amide bonds. The van der Waals surface area contributed by atoms with Crippen LogP contribution in [0.2, 0.25) is 0 Å². The second-order valence-corrected chi connectivity index (χ2v) is 8.48. The molecule has 3 heterocycles. The van der Waals surface area contributed by atoms with Gasteiger partial charge < -0.3 is 0 Å². The summed E-state index contributed by atoms with van der Waals surface area (Å²) in [5.41, 5.74) is 4.31. The summed E-state index contributed by atoms with van der Waals surface area (Å²) in [5, 5.41) is 4.55. The summed E-state index contributed by atoms with van der Waals surface area (Å²) in [6.07, 6.45) is 0.936. The van der Waals surface area contributed by atoms with Gasteiger partial charge in [-0.15, -0.1) is 11.3 Å². The number of para-hydroxylation sites is 1. The Hall–Kier alpha value is -3.09. The van der Waals surface area contributed by atoms with Gasteiger partial charge in [-0.3, -0.25) is 15.0 Å². The maximum atomic E-state index is 13.3. The standard InChI is InChI=1S/C24H22N4OS/c1-2-28-13-12-20-22(15-28)30-24(26-20)27-23(29)18-14-21(16-8-4-3-5-9-16)25-19-11-7-6-10-17(18)19/h3-11,14H,2,12-13,15H2,1H3,(H,26,27,29). The molecule has 1 N–H and O–H groups in total. The minimum absolute atomic E-state index is 0.149. The van der Waals surface area contributed by atoms with Crippen LogP contribution >= 0.6 is 11.3 Å². The maximum absolute atomic E-state index is 13.3. The topological polar surface area (TPSA) is 58.1 Å². The van der Waals surface area contributed by atoms with E-state index in [1.165, 1.54) is 4.88 Å². The van der Waals surface area contributed by atoms with Crippen molar-refractivity contribution in [3.05, 3.63) is 76.8 Å². The highest BCUT2D eigenvalue weighted by atomic mass is 32.1. The maximum Gasteiger partial charge on any atom is 0.258 e. The number of hydrogen-bond acceptors (Lipinski definition) is 5. The zero-order valence-electron chi connectivity index (χ0n) is 16.8. The lowest BCUT2D eigenvalue weighted by atomic mass is 10.0. The first-order chi connectivity index (χ1) is 14.7. The lowest BCUT2D eigenvalue weighted by Crippen LogP contribution is -2.29. The number of benzene rings is 2. The molecule has 2 aromatic heterocycles. The van der Waals surface area contributed by atoms with E-state index in [9.17, 15) is 4.79 Å². The molecule has 0 aliphatic carbocycles. The van der Waals surface area contributed by atoms with E-state index in [-0.39, 0.29) is 5.91 Å². The number of rotatable bonds is 4. The second-order valence-electron chi connectivity index (χ2n) is 7.40. The molecular weight excluding hydrogens is 392 g/mol. The molecule has 4 aromatic rings. The third-order valence-electron chi connectivity index (χ3n) is 5.51.